The Labute approximate surface area is 144 Å². The van der Waals surface area contributed by atoms with Gasteiger partial charge in [0.05, 0.1) is 16.8 Å². The number of hydrogen-bond acceptors (Lipinski definition) is 4. The normalized spacial score (nSPS) is 26.1. The highest BCUT2D eigenvalue weighted by molar-refractivity contribution is 7.92. The third-order valence-electron chi connectivity index (χ3n) is 4.53. The number of aliphatic hydroxyl groups excluding tert-OH is 1. The molecular weight excluding hydrogens is 352 g/mol. The molecule has 3 unspecified atom stereocenters. The Hall–Kier alpha value is -1.89. The monoisotopic (exact) mass is 366 g/mol. The summed E-state index contributed by atoms with van der Waals surface area (Å²) in [5, 5.41) is 18.5. The first kappa shape index (κ1) is 17.0. The zero-order valence-corrected chi connectivity index (χ0v) is 14.0. The van der Waals surface area contributed by atoms with Crippen molar-refractivity contribution in [3.05, 3.63) is 65.2 Å². The highest BCUT2D eigenvalue weighted by atomic mass is 35.5. The van der Waals surface area contributed by atoms with Gasteiger partial charge in [-0.05, 0) is 29.8 Å². The molecule has 7 heteroatoms. The summed E-state index contributed by atoms with van der Waals surface area (Å²) in [4.78, 5) is 11.9. The van der Waals surface area contributed by atoms with Crippen molar-refractivity contribution in [2.24, 2.45) is 5.41 Å². The van der Waals surface area contributed by atoms with Gasteiger partial charge in [-0.3, -0.25) is 4.79 Å². The van der Waals surface area contributed by atoms with Crippen molar-refractivity contribution in [3.63, 3.8) is 0 Å². The molecule has 2 N–H and O–H groups in total. The van der Waals surface area contributed by atoms with E-state index in [2.05, 4.69) is 0 Å². The predicted molar refractivity (Wildman–Crippen MR) is 88.8 cm³/mol. The lowest BCUT2D eigenvalue weighted by Crippen LogP contribution is -2.27. The van der Waals surface area contributed by atoms with Gasteiger partial charge in [0.1, 0.15) is 5.41 Å². The first-order valence-corrected chi connectivity index (χ1v) is 9.17. The van der Waals surface area contributed by atoms with Crippen LogP contribution in [-0.2, 0) is 14.6 Å². The Bertz CT molecular complexity index is 881. The van der Waals surface area contributed by atoms with Crippen molar-refractivity contribution in [2.45, 2.75) is 16.1 Å². The van der Waals surface area contributed by atoms with Crippen LogP contribution in [0, 0.1) is 5.41 Å². The Morgan fingerprint density at radius 3 is 2.33 bits per heavy atom. The van der Waals surface area contributed by atoms with Gasteiger partial charge in [-0.15, -0.1) is 0 Å². The van der Waals surface area contributed by atoms with Crippen LogP contribution < -0.4 is 0 Å². The second-order valence-corrected chi connectivity index (χ2v) is 8.32. The number of carboxylic acid groups (broad SMARTS) is 1. The highest BCUT2D eigenvalue weighted by Gasteiger charge is 2.75. The maximum Gasteiger partial charge on any atom is 0.314 e. The van der Waals surface area contributed by atoms with Gasteiger partial charge >= 0.3 is 5.97 Å². The first-order valence-electron chi connectivity index (χ1n) is 7.24. The van der Waals surface area contributed by atoms with Crippen molar-refractivity contribution >= 4 is 27.4 Å². The van der Waals surface area contributed by atoms with Gasteiger partial charge in [0.25, 0.3) is 0 Å². The van der Waals surface area contributed by atoms with E-state index >= 15 is 0 Å². The molecule has 1 fully saturated rings. The van der Waals surface area contributed by atoms with Gasteiger partial charge in [-0.2, -0.15) is 0 Å². The van der Waals surface area contributed by atoms with Gasteiger partial charge in [0, 0.05) is 10.9 Å². The van der Waals surface area contributed by atoms with E-state index in [9.17, 15) is 23.4 Å². The van der Waals surface area contributed by atoms with E-state index in [-0.39, 0.29) is 4.90 Å². The summed E-state index contributed by atoms with van der Waals surface area (Å²) in [7, 11) is -3.92. The number of carbonyl (C=O) groups is 1. The molecule has 1 saturated carbocycles. The van der Waals surface area contributed by atoms with Crippen LogP contribution in [-0.4, -0.2) is 36.5 Å². The second-order valence-electron chi connectivity index (χ2n) is 5.81. The molecule has 3 atom stereocenters. The molecule has 0 aromatic heterocycles. The maximum atomic E-state index is 12.9. The van der Waals surface area contributed by atoms with Crippen LogP contribution in [0.25, 0.3) is 0 Å². The number of carboxylic acids is 1. The number of rotatable bonds is 5. The van der Waals surface area contributed by atoms with E-state index in [1.807, 2.05) is 0 Å². The van der Waals surface area contributed by atoms with E-state index in [0.717, 1.165) is 0 Å². The molecule has 0 bridgehead atoms. The largest absolute Gasteiger partial charge is 0.481 e. The molecule has 1 aliphatic carbocycles. The quantitative estimate of drug-likeness (QED) is 0.847. The molecule has 2 aromatic rings. The van der Waals surface area contributed by atoms with E-state index in [0.29, 0.717) is 10.6 Å². The van der Waals surface area contributed by atoms with E-state index < -0.39 is 39.0 Å². The smallest absolute Gasteiger partial charge is 0.314 e. The molecule has 0 heterocycles. The Balaban J connectivity index is 2.13. The zero-order valence-electron chi connectivity index (χ0n) is 12.5. The number of aliphatic hydroxyl groups is 1. The van der Waals surface area contributed by atoms with Crippen molar-refractivity contribution in [1.82, 2.24) is 0 Å². The van der Waals surface area contributed by atoms with Crippen molar-refractivity contribution < 1.29 is 23.4 Å². The van der Waals surface area contributed by atoms with Crippen LogP contribution in [0.15, 0.2) is 59.5 Å². The molecule has 0 saturated heterocycles. The van der Waals surface area contributed by atoms with Gasteiger partial charge in [-0.25, -0.2) is 8.42 Å². The van der Waals surface area contributed by atoms with Crippen LogP contribution in [0.4, 0.5) is 0 Å². The molecule has 126 valence electrons. The van der Waals surface area contributed by atoms with Gasteiger partial charge in [0.15, 0.2) is 9.84 Å². The van der Waals surface area contributed by atoms with Gasteiger partial charge in [0.2, 0.25) is 0 Å². The molecule has 5 nitrogen and oxygen atoms in total. The van der Waals surface area contributed by atoms with Gasteiger partial charge in [-0.1, -0.05) is 41.9 Å². The zero-order chi connectivity index (χ0) is 17.5. The van der Waals surface area contributed by atoms with Crippen LogP contribution in [0.5, 0.6) is 0 Å². The lowest BCUT2D eigenvalue weighted by atomic mass is 10.0. The summed E-state index contributed by atoms with van der Waals surface area (Å²) in [6.07, 6.45) is 0. The fraction of sp³-hybridized carbons (Fsp3) is 0.235. The minimum Gasteiger partial charge on any atom is -0.481 e. The SMILES string of the molecule is O=C(O)C1(CO)C(c2cccc(Cl)c2)C1S(=O)(=O)c1ccccc1. The number of halogens is 1. The summed E-state index contributed by atoms with van der Waals surface area (Å²) >= 11 is 5.95. The standard InChI is InChI=1S/C17H15ClO5S/c18-12-6-4-5-11(9-12)14-15(17(14,10-19)16(20)21)24(22,23)13-7-2-1-3-8-13/h1-9,14-15,19H,10H2,(H,20,21). The second kappa shape index (κ2) is 5.88. The summed E-state index contributed by atoms with van der Waals surface area (Å²) in [6.45, 7) is -0.768. The lowest BCUT2D eigenvalue weighted by molar-refractivity contribution is -0.145. The fourth-order valence-corrected chi connectivity index (χ4v) is 5.88. The molecule has 0 radical (unpaired) electrons. The van der Waals surface area contributed by atoms with Crippen LogP contribution in [0.2, 0.25) is 5.02 Å². The third-order valence-corrected chi connectivity index (χ3v) is 7.06. The fourth-order valence-electron chi connectivity index (χ4n) is 3.30. The van der Waals surface area contributed by atoms with Crippen LogP contribution >= 0.6 is 11.6 Å². The Kier molecular flexibility index (Phi) is 4.15. The molecule has 0 spiro atoms. The molecule has 3 rings (SSSR count). The van der Waals surface area contributed by atoms with Crippen LogP contribution in [0.3, 0.4) is 0 Å². The van der Waals surface area contributed by atoms with E-state index in [4.69, 9.17) is 11.6 Å². The summed E-state index contributed by atoms with van der Waals surface area (Å²) in [5.74, 6) is -2.19. The van der Waals surface area contributed by atoms with Crippen molar-refractivity contribution in [2.75, 3.05) is 6.61 Å². The molecule has 0 amide bonds. The number of sulfone groups is 1. The Morgan fingerprint density at radius 1 is 1.12 bits per heavy atom. The molecular formula is C17H15ClO5S. The molecule has 0 aliphatic heterocycles. The number of benzene rings is 2. The average molecular weight is 367 g/mol. The molecule has 24 heavy (non-hydrogen) atoms. The number of hydrogen-bond donors (Lipinski definition) is 2. The van der Waals surface area contributed by atoms with Crippen molar-refractivity contribution in [3.8, 4) is 0 Å². The minimum atomic E-state index is -3.92. The predicted octanol–water partition coefficient (Wildman–Crippen LogP) is 2.34. The van der Waals surface area contributed by atoms with Crippen molar-refractivity contribution in [1.29, 1.82) is 0 Å². The minimum absolute atomic E-state index is 0.0404. The average Bonchev–Trinajstić information content (AvgIpc) is 3.27. The summed E-state index contributed by atoms with van der Waals surface area (Å²) in [6, 6.07) is 14.1. The van der Waals surface area contributed by atoms with Crippen LogP contribution in [0.1, 0.15) is 11.5 Å². The van der Waals surface area contributed by atoms with E-state index in [1.165, 1.54) is 12.1 Å². The number of aliphatic carboxylic acids is 1. The lowest BCUT2D eigenvalue weighted by Gasteiger charge is -2.09. The van der Waals surface area contributed by atoms with Gasteiger partial charge < -0.3 is 10.2 Å². The summed E-state index contributed by atoms with van der Waals surface area (Å²) < 4.78 is 25.9. The highest BCUT2D eigenvalue weighted by Crippen LogP contribution is 2.64. The topological polar surface area (TPSA) is 91.7 Å². The third kappa shape index (κ3) is 2.42. The Morgan fingerprint density at radius 2 is 1.79 bits per heavy atom. The first-order chi connectivity index (χ1) is 11.4. The van der Waals surface area contributed by atoms with E-state index in [1.54, 1.807) is 42.5 Å². The molecule has 1 aliphatic rings. The summed E-state index contributed by atoms with van der Waals surface area (Å²) in [5.41, 5.74) is -1.28. The molecule has 2 aromatic carbocycles. The maximum absolute atomic E-state index is 12.9.